The largest absolute Gasteiger partial charge is 0.395 e. The van der Waals surface area contributed by atoms with E-state index in [2.05, 4.69) is 50.5 Å². The molecule has 0 radical (unpaired) electrons. The summed E-state index contributed by atoms with van der Waals surface area (Å²) in [6.45, 7) is -0.124. The number of aromatic nitrogens is 6. The maximum absolute atomic E-state index is 12.2. The normalized spacial score (nSPS) is 10.9. The first-order valence-electron chi connectivity index (χ1n) is 12.7. The summed E-state index contributed by atoms with van der Waals surface area (Å²) in [6, 6.07) is 0. The fraction of sp³-hybridized carbons (Fsp3) is 0.727. The molecule has 0 unspecified atom stereocenters. The molecule has 0 saturated carbocycles. The van der Waals surface area contributed by atoms with Gasteiger partial charge in [-0.1, -0.05) is 0 Å². The van der Waals surface area contributed by atoms with Crippen molar-refractivity contribution in [3.8, 4) is 0 Å². The van der Waals surface area contributed by atoms with Gasteiger partial charge in [-0.15, -0.1) is 0 Å². The lowest BCUT2D eigenvalue weighted by Crippen LogP contribution is -2.55. The van der Waals surface area contributed by atoms with Crippen molar-refractivity contribution in [3.63, 3.8) is 0 Å². The number of hydrogen-bond donors (Lipinski definition) is 6. The van der Waals surface area contributed by atoms with E-state index in [-0.39, 0.29) is 52.5 Å². The van der Waals surface area contributed by atoms with Gasteiger partial charge in [0.05, 0.1) is 26.3 Å². The zero-order valence-electron chi connectivity index (χ0n) is 22.1. The lowest BCUT2D eigenvalue weighted by molar-refractivity contribution is 0.264. The molecule has 0 spiro atoms. The summed E-state index contributed by atoms with van der Waals surface area (Å²) in [7, 11) is 0. The monoisotopic (exact) mass is 642 g/mol. The molecule has 18 heteroatoms. The molecule has 0 atom stereocenters. The highest BCUT2D eigenvalue weighted by Gasteiger charge is 2.15. The van der Waals surface area contributed by atoms with Crippen LogP contribution in [0.25, 0.3) is 0 Å². The number of aliphatic hydroxyl groups is 2. The van der Waals surface area contributed by atoms with Gasteiger partial charge in [-0.3, -0.25) is 0 Å². The van der Waals surface area contributed by atoms with E-state index in [0.717, 1.165) is 27.4 Å². The van der Waals surface area contributed by atoms with Gasteiger partial charge >= 0.3 is 34.1 Å². The van der Waals surface area contributed by atoms with Gasteiger partial charge in [0, 0.05) is 26.2 Å². The first-order chi connectivity index (χ1) is 19.2. The molecular formula is C22H38N6O8S4. The van der Waals surface area contributed by atoms with Crippen LogP contribution in [0.1, 0.15) is 25.7 Å². The Balaban J connectivity index is 0.000000400. The molecule has 0 fully saturated rings. The Kier molecular flexibility index (Phi) is 17.4. The van der Waals surface area contributed by atoms with Crippen LogP contribution in [0, 0.1) is 0 Å². The highest BCUT2D eigenvalue weighted by Crippen LogP contribution is 1.90. The standard InChI is InChI=1S/2C11H19N3O4S2/c2*15-6-5-14-10(17)12(3-1-7-19)9(16)13(11(14)18)4-2-8-20/h2*15,19-20H,1-8H2. The van der Waals surface area contributed by atoms with Gasteiger partial charge in [0.1, 0.15) is 0 Å². The second-order valence-electron chi connectivity index (χ2n) is 8.36. The predicted octanol–water partition coefficient (Wildman–Crippen LogP) is -2.39. The van der Waals surface area contributed by atoms with E-state index in [0.29, 0.717) is 48.7 Å². The fourth-order valence-corrected chi connectivity index (χ4v) is 4.19. The van der Waals surface area contributed by atoms with E-state index >= 15 is 0 Å². The third-order valence-corrected chi connectivity index (χ3v) is 6.84. The molecule has 0 saturated heterocycles. The molecule has 0 aromatic carbocycles. The summed E-state index contributed by atoms with van der Waals surface area (Å²) >= 11 is 16.2. The lowest BCUT2D eigenvalue weighted by atomic mass is 10.4. The predicted molar refractivity (Wildman–Crippen MR) is 166 cm³/mol. The van der Waals surface area contributed by atoms with Gasteiger partial charge in [0.15, 0.2) is 0 Å². The Morgan fingerprint density at radius 2 is 0.550 bits per heavy atom. The molecule has 0 bridgehead atoms. The van der Waals surface area contributed by atoms with E-state index in [1.807, 2.05) is 0 Å². The molecule has 2 aromatic rings. The molecule has 0 aliphatic carbocycles. The minimum atomic E-state index is -0.682. The maximum Gasteiger partial charge on any atom is 0.336 e. The van der Waals surface area contributed by atoms with Crippen molar-refractivity contribution in [1.82, 2.24) is 27.4 Å². The Morgan fingerprint density at radius 3 is 0.700 bits per heavy atom. The van der Waals surface area contributed by atoms with Crippen LogP contribution < -0.4 is 34.1 Å². The number of hydrogen-bond acceptors (Lipinski definition) is 12. The van der Waals surface area contributed by atoms with Gasteiger partial charge in [0.2, 0.25) is 0 Å². The van der Waals surface area contributed by atoms with Crippen LogP contribution in [-0.2, 0) is 39.3 Å². The summed E-state index contributed by atoms with van der Waals surface area (Å²) < 4.78 is 5.85. The second kappa shape index (κ2) is 19.3. The van der Waals surface area contributed by atoms with Crippen molar-refractivity contribution >= 4 is 50.5 Å². The summed E-state index contributed by atoms with van der Waals surface area (Å²) in [5.41, 5.74) is -3.96. The van der Waals surface area contributed by atoms with Crippen molar-refractivity contribution in [3.05, 3.63) is 62.9 Å². The first kappa shape index (κ1) is 36.2. The molecule has 2 aromatic heterocycles. The third-order valence-electron chi connectivity index (χ3n) is 5.58. The van der Waals surface area contributed by atoms with Gasteiger partial charge in [-0.2, -0.15) is 50.5 Å². The van der Waals surface area contributed by atoms with Crippen LogP contribution in [0.15, 0.2) is 28.8 Å². The fourth-order valence-electron chi connectivity index (χ4n) is 3.63. The van der Waals surface area contributed by atoms with Crippen LogP contribution >= 0.6 is 50.5 Å². The summed E-state index contributed by atoms with van der Waals surface area (Å²) in [5.74, 6) is 2.12. The molecule has 2 N–H and O–H groups in total. The maximum atomic E-state index is 12.2. The average Bonchev–Trinajstić information content (AvgIpc) is 2.94. The highest BCUT2D eigenvalue weighted by molar-refractivity contribution is 7.80. The average molecular weight is 643 g/mol. The summed E-state index contributed by atoms with van der Waals surface area (Å²) in [4.78, 5) is 72.7. The van der Waals surface area contributed by atoms with Gasteiger partial charge in [-0.25, -0.2) is 56.2 Å². The van der Waals surface area contributed by atoms with Crippen molar-refractivity contribution in [2.75, 3.05) is 36.2 Å². The van der Waals surface area contributed by atoms with Crippen LogP contribution in [0.3, 0.4) is 0 Å². The minimum Gasteiger partial charge on any atom is -0.395 e. The molecule has 40 heavy (non-hydrogen) atoms. The van der Waals surface area contributed by atoms with Crippen molar-refractivity contribution < 1.29 is 10.2 Å². The SMILES string of the molecule is O=c1n(CCO)c(=O)n(CCCS)c(=O)n1CCCS.O=c1n(CCO)c(=O)n(CCCS)c(=O)n1CCCS. The number of nitrogens with zero attached hydrogens (tertiary/aromatic N) is 6. The summed E-state index contributed by atoms with van der Waals surface area (Å²) in [6.07, 6.45) is 2.18. The Morgan fingerprint density at radius 1 is 0.375 bits per heavy atom. The van der Waals surface area contributed by atoms with Crippen LogP contribution in [0.5, 0.6) is 0 Å². The number of aliphatic hydroxyl groups excluding tert-OH is 2. The molecular weight excluding hydrogens is 605 g/mol. The first-order valence-corrected chi connectivity index (χ1v) is 15.2. The lowest BCUT2D eigenvalue weighted by Gasteiger charge is -2.12. The Labute approximate surface area is 251 Å². The van der Waals surface area contributed by atoms with Crippen LogP contribution in [0.2, 0.25) is 0 Å². The topological polar surface area (TPSA) is 172 Å². The van der Waals surface area contributed by atoms with Crippen molar-refractivity contribution in [2.45, 2.75) is 65.0 Å². The van der Waals surface area contributed by atoms with Gasteiger partial charge in [-0.05, 0) is 48.7 Å². The molecule has 14 nitrogen and oxygen atoms in total. The van der Waals surface area contributed by atoms with Crippen LogP contribution in [-0.4, -0.2) is 73.8 Å². The number of thiol groups is 4. The quantitative estimate of drug-likeness (QED) is 0.110. The third kappa shape index (κ3) is 9.61. The molecule has 228 valence electrons. The Bertz CT molecular complexity index is 1230. The van der Waals surface area contributed by atoms with E-state index in [1.165, 1.54) is 0 Å². The van der Waals surface area contributed by atoms with E-state index < -0.39 is 34.1 Å². The molecule has 0 aliphatic rings. The number of rotatable bonds is 16. The van der Waals surface area contributed by atoms with E-state index in [1.54, 1.807) is 0 Å². The van der Waals surface area contributed by atoms with Gasteiger partial charge in [0.25, 0.3) is 0 Å². The molecule has 0 aliphatic heterocycles. The smallest absolute Gasteiger partial charge is 0.336 e. The molecule has 0 amide bonds. The van der Waals surface area contributed by atoms with Gasteiger partial charge < -0.3 is 10.2 Å². The zero-order chi connectivity index (χ0) is 30.2. The van der Waals surface area contributed by atoms with E-state index in [4.69, 9.17) is 10.2 Å². The summed E-state index contributed by atoms with van der Waals surface area (Å²) in [5, 5.41) is 17.9. The molecule has 2 rings (SSSR count). The highest BCUT2D eigenvalue weighted by atomic mass is 32.1. The Hall–Kier alpha value is -1.86. The van der Waals surface area contributed by atoms with Crippen LogP contribution in [0.4, 0.5) is 0 Å². The second-order valence-corrected chi connectivity index (χ2v) is 10.1. The molecule has 2 heterocycles. The van der Waals surface area contributed by atoms with E-state index in [9.17, 15) is 28.8 Å². The zero-order valence-corrected chi connectivity index (χ0v) is 25.7. The van der Waals surface area contributed by atoms with Crippen molar-refractivity contribution in [1.29, 1.82) is 0 Å². The van der Waals surface area contributed by atoms with Crippen molar-refractivity contribution in [2.24, 2.45) is 0 Å². The minimum absolute atomic E-state index is 0.125.